The largest absolute Gasteiger partial charge is 0.309 e. The van der Waals surface area contributed by atoms with Crippen molar-refractivity contribution < 1.29 is 0 Å². The Balaban J connectivity index is 1.59. The van der Waals surface area contributed by atoms with E-state index in [2.05, 4.69) is 145 Å². The molecule has 0 fully saturated rings. The van der Waals surface area contributed by atoms with E-state index in [0.29, 0.717) is 0 Å². The van der Waals surface area contributed by atoms with Crippen molar-refractivity contribution in [3.8, 4) is 16.8 Å². The van der Waals surface area contributed by atoms with Gasteiger partial charge >= 0.3 is 0 Å². The molecule has 6 aromatic rings. The Morgan fingerprint density at radius 2 is 1.38 bits per heavy atom. The zero-order valence-electron chi connectivity index (χ0n) is 22.3. The SMILES string of the molecule is C=C/C=c1\c2n(c3ccccc13)-c1ccccc1C1(C=2C)c2ccccc2Sc2cc(-c3ccccc3)ccc21. The van der Waals surface area contributed by atoms with Gasteiger partial charge < -0.3 is 4.57 Å². The van der Waals surface area contributed by atoms with Crippen molar-refractivity contribution in [3.63, 3.8) is 0 Å². The predicted molar refractivity (Wildman–Crippen MR) is 169 cm³/mol. The number of aromatic nitrogens is 1. The van der Waals surface area contributed by atoms with Crippen molar-refractivity contribution in [3.05, 3.63) is 161 Å². The molecule has 2 aliphatic heterocycles. The van der Waals surface area contributed by atoms with E-state index in [4.69, 9.17) is 0 Å². The number of hydrogen-bond acceptors (Lipinski definition) is 1. The topological polar surface area (TPSA) is 4.93 Å². The Bertz CT molecular complexity index is 2120. The zero-order chi connectivity index (χ0) is 26.8. The molecule has 0 aliphatic carbocycles. The van der Waals surface area contributed by atoms with Crippen LogP contribution in [0.3, 0.4) is 0 Å². The Morgan fingerprint density at radius 1 is 0.675 bits per heavy atom. The summed E-state index contributed by atoms with van der Waals surface area (Å²) in [6.07, 6.45) is 4.11. The fraction of sp³-hybridized carbons (Fsp3) is 0.0526. The lowest BCUT2D eigenvalue weighted by atomic mass is 9.63. The van der Waals surface area contributed by atoms with Crippen LogP contribution in [0.1, 0.15) is 23.6 Å². The summed E-state index contributed by atoms with van der Waals surface area (Å²) in [4.78, 5) is 2.63. The number of rotatable bonds is 2. The summed E-state index contributed by atoms with van der Waals surface area (Å²) in [5, 5.41) is 3.75. The van der Waals surface area contributed by atoms with Crippen molar-refractivity contribution in [2.45, 2.75) is 22.1 Å². The summed E-state index contributed by atoms with van der Waals surface area (Å²) in [6.45, 7) is 6.45. The first kappa shape index (κ1) is 23.4. The molecule has 1 spiro atoms. The summed E-state index contributed by atoms with van der Waals surface area (Å²) >= 11 is 1.89. The summed E-state index contributed by atoms with van der Waals surface area (Å²) in [7, 11) is 0. The highest BCUT2D eigenvalue weighted by Crippen LogP contribution is 2.58. The third-order valence-electron chi connectivity index (χ3n) is 8.67. The molecule has 3 heterocycles. The molecule has 1 atom stereocenters. The summed E-state index contributed by atoms with van der Waals surface area (Å²) in [5.41, 5.74) is 9.91. The lowest BCUT2D eigenvalue weighted by Crippen LogP contribution is -2.46. The lowest BCUT2D eigenvalue weighted by molar-refractivity contribution is 0.711. The smallest absolute Gasteiger partial charge is 0.0724 e. The predicted octanol–water partition coefficient (Wildman–Crippen LogP) is 8.25. The van der Waals surface area contributed by atoms with E-state index in [1.807, 2.05) is 17.8 Å². The van der Waals surface area contributed by atoms with Gasteiger partial charge in [0, 0.05) is 20.4 Å². The average molecular weight is 530 g/mol. The first-order chi connectivity index (χ1) is 19.7. The van der Waals surface area contributed by atoms with Crippen LogP contribution in [0.15, 0.2) is 144 Å². The molecule has 2 aliphatic rings. The van der Waals surface area contributed by atoms with Gasteiger partial charge in [0.25, 0.3) is 0 Å². The van der Waals surface area contributed by atoms with Crippen LogP contribution in [0.4, 0.5) is 0 Å². The highest BCUT2D eigenvalue weighted by atomic mass is 32.2. The summed E-state index contributed by atoms with van der Waals surface area (Å²) in [5.74, 6) is 0. The molecule has 40 heavy (non-hydrogen) atoms. The number of allylic oxidation sites excluding steroid dienone is 1. The molecule has 5 aromatic carbocycles. The minimum Gasteiger partial charge on any atom is -0.309 e. The Hall–Kier alpha value is -4.53. The van der Waals surface area contributed by atoms with E-state index < -0.39 is 5.41 Å². The maximum absolute atomic E-state index is 4.10. The van der Waals surface area contributed by atoms with Gasteiger partial charge in [0.15, 0.2) is 0 Å². The van der Waals surface area contributed by atoms with Crippen LogP contribution in [-0.2, 0) is 5.41 Å². The standard InChI is InChI=1S/C38H27NS/c1-3-13-29-28-16-7-10-19-33(28)39-34-20-11-8-17-30(34)38(25(2)37(29)39)31-18-9-12-21-35(31)40-36-24-27(22-23-32(36)38)26-14-5-4-6-15-26/h3-24H,1H2,2H3/b29-13-. The van der Waals surface area contributed by atoms with Crippen LogP contribution in [0.5, 0.6) is 0 Å². The highest BCUT2D eigenvalue weighted by molar-refractivity contribution is 7.99. The molecule has 0 saturated carbocycles. The maximum Gasteiger partial charge on any atom is 0.0724 e. The van der Waals surface area contributed by atoms with Gasteiger partial charge in [-0.05, 0) is 64.6 Å². The second-order valence-corrected chi connectivity index (χ2v) is 11.7. The molecule has 1 nitrogen and oxygen atoms in total. The fourth-order valence-corrected chi connectivity index (χ4v) is 8.32. The zero-order valence-corrected chi connectivity index (χ0v) is 23.1. The van der Waals surface area contributed by atoms with Gasteiger partial charge in [0.05, 0.1) is 22.0 Å². The van der Waals surface area contributed by atoms with Gasteiger partial charge in [-0.3, -0.25) is 0 Å². The van der Waals surface area contributed by atoms with Crippen molar-refractivity contribution in [2.75, 3.05) is 0 Å². The van der Waals surface area contributed by atoms with Crippen LogP contribution in [0, 0.1) is 0 Å². The molecule has 0 bridgehead atoms. The van der Waals surface area contributed by atoms with Crippen LogP contribution in [-0.4, -0.2) is 4.57 Å². The Morgan fingerprint density at radius 3 is 2.23 bits per heavy atom. The van der Waals surface area contributed by atoms with Gasteiger partial charge in [-0.2, -0.15) is 0 Å². The normalized spacial score (nSPS) is 17.3. The monoisotopic (exact) mass is 529 g/mol. The van der Waals surface area contributed by atoms with E-state index in [9.17, 15) is 0 Å². The average Bonchev–Trinajstić information content (AvgIpc) is 3.34. The minimum absolute atomic E-state index is 0.420. The minimum atomic E-state index is -0.420. The van der Waals surface area contributed by atoms with Crippen LogP contribution < -0.4 is 10.6 Å². The summed E-state index contributed by atoms with van der Waals surface area (Å²) < 4.78 is 2.48. The van der Waals surface area contributed by atoms with E-state index in [-0.39, 0.29) is 0 Å². The Kier molecular flexibility index (Phi) is 5.11. The second-order valence-electron chi connectivity index (χ2n) is 10.6. The molecule has 2 heteroatoms. The molecule has 1 aromatic heterocycles. The summed E-state index contributed by atoms with van der Waals surface area (Å²) in [6, 6.07) is 44.5. The first-order valence-corrected chi connectivity index (χ1v) is 14.6. The molecular formula is C38H27NS. The quantitative estimate of drug-likeness (QED) is 0.219. The van der Waals surface area contributed by atoms with Crippen LogP contribution in [0.2, 0.25) is 0 Å². The third kappa shape index (κ3) is 3.00. The fourth-order valence-electron chi connectivity index (χ4n) is 7.09. The van der Waals surface area contributed by atoms with E-state index in [0.717, 1.165) is 0 Å². The maximum atomic E-state index is 4.10. The molecule has 190 valence electrons. The van der Waals surface area contributed by atoms with Crippen molar-refractivity contribution in [2.24, 2.45) is 0 Å². The Labute approximate surface area is 238 Å². The first-order valence-electron chi connectivity index (χ1n) is 13.7. The number of benzene rings is 5. The molecule has 0 radical (unpaired) electrons. The van der Waals surface area contributed by atoms with Gasteiger partial charge in [-0.25, -0.2) is 0 Å². The van der Waals surface area contributed by atoms with Gasteiger partial charge in [0.1, 0.15) is 0 Å². The van der Waals surface area contributed by atoms with E-state index in [1.54, 1.807) is 0 Å². The van der Waals surface area contributed by atoms with E-state index >= 15 is 0 Å². The van der Waals surface area contributed by atoms with Crippen molar-refractivity contribution in [1.82, 2.24) is 4.57 Å². The molecule has 0 amide bonds. The number of para-hydroxylation sites is 2. The van der Waals surface area contributed by atoms with Crippen LogP contribution in [0.25, 0.3) is 39.4 Å². The number of fused-ring (bicyclic) bond motifs is 10. The molecule has 0 N–H and O–H groups in total. The van der Waals surface area contributed by atoms with Gasteiger partial charge in [-0.15, -0.1) is 0 Å². The molecule has 0 saturated heterocycles. The van der Waals surface area contributed by atoms with Crippen molar-refractivity contribution >= 4 is 34.3 Å². The molecular weight excluding hydrogens is 502 g/mol. The lowest BCUT2D eigenvalue weighted by Gasteiger charge is -2.45. The molecule has 1 unspecified atom stereocenters. The second kappa shape index (κ2) is 8.74. The van der Waals surface area contributed by atoms with Crippen molar-refractivity contribution in [1.29, 1.82) is 0 Å². The van der Waals surface area contributed by atoms with E-state index in [1.165, 1.54) is 70.3 Å². The highest BCUT2D eigenvalue weighted by Gasteiger charge is 2.48. The van der Waals surface area contributed by atoms with Crippen LogP contribution >= 0.6 is 11.8 Å². The van der Waals surface area contributed by atoms with Gasteiger partial charge in [0.2, 0.25) is 0 Å². The number of nitrogens with zero attached hydrogens (tertiary/aromatic N) is 1. The number of hydrogen-bond donors (Lipinski definition) is 0. The molecule has 8 rings (SSSR count). The van der Waals surface area contributed by atoms with Gasteiger partial charge in [-0.1, -0.05) is 128 Å². The third-order valence-corrected chi connectivity index (χ3v) is 9.80.